The molecule has 1 atom stereocenters. The molecule has 0 bridgehead atoms. The molecule has 1 N–H and O–H groups in total. The van der Waals surface area contributed by atoms with Gasteiger partial charge in [-0.3, -0.25) is 14.7 Å². The second-order valence-electron chi connectivity index (χ2n) is 9.11. The molecule has 38 heavy (non-hydrogen) atoms. The van der Waals surface area contributed by atoms with Gasteiger partial charge in [-0.05, 0) is 67.9 Å². The van der Waals surface area contributed by atoms with Gasteiger partial charge in [-0.25, -0.2) is 8.78 Å². The van der Waals surface area contributed by atoms with Crippen molar-refractivity contribution in [2.45, 2.75) is 25.2 Å². The van der Waals surface area contributed by atoms with Gasteiger partial charge in [-0.2, -0.15) is 0 Å². The maximum Gasteiger partial charge on any atom is 0.586 e. The first-order valence-electron chi connectivity index (χ1n) is 12.2. The Bertz CT molecular complexity index is 1290. The Kier molecular flexibility index (Phi) is 7.37. The predicted molar refractivity (Wildman–Crippen MR) is 128 cm³/mol. The summed E-state index contributed by atoms with van der Waals surface area (Å²) in [6.07, 6.45) is -0.955. The Morgan fingerprint density at radius 2 is 1.87 bits per heavy atom. The maximum absolute atomic E-state index is 13.7. The Morgan fingerprint density at radius 3 is 2.61 bits per heavy atom. The lowest BCUT2D eigenvalue weighted by Crippen LogP contribution is -2.43. The molecule has 1 fully saturated rings. The molecule has 11 heteroatoms. The lowest BCUT2D eigenvalue weighted by Gasteiger charge is -2.32. The number of ether oxygens (including phenoxy) is 3. The van der Waals surface area contributed by atoms with Crippen LogP contribution >= 0.6 is 0 Å². The van der Waals surface area contributed by atoms with Crippen molar-refractivity contribution in [3.63, 3.8) is 0 Å². The SMILES string of the molecule is O=C(N[C@@H](c1ccc2c(c1)OC(F)(F)O2)c1ccccn1)C1CCN(CCOc2ccc(F)cc2F)CC1. The lowest BCUT2D eigenvalue weighted by atomic mass is 9.94. The number of nitrogens with zero attached hydrogens (tertiary/aromatic N) is 2. The first-order valence-corrected chi connectivity index (χ1v) is 12.2. The van der Waals surface area contributed by atoms with E-state index in [9.17, 15) is 22.4 Å². The number of benzene rings is 2. The lowest BCUT2D eigenvalue weighted by molar-refractivity contribution is -0.286. The molecule has 0 spiro atoms. The number of amides is 1. The molecule has 1 amide bonds. The van der Waals surface area contributed by atoms with E-state index >= 15 is 0 Å². The van der Waals surface area contributed by atoms with Crippen molar-refractivity contribution in [2.24, 2.45) is 5.92 Å². The molecule has 0 saturated carbocycles. The molecule has 0 aliphatic carbocycles. The summed E-state index contributed by atoms with van der Waals surface area (Å²) in [5.41, 5.74) is 1.08. The summed E-state index contributed by atoms with van der Waals surface area (Å²) in [6.45, 7) is 2.04. The highest BCUT2D eigenvalue weighted by Gasteiger charge is 2.43. The number of alkyl halides is 2. The monoisotopic (exact) mass is 531 g/mol. The van der Waals surface area contributed by atoms with Crippen LogP contribution in [0.25, 0.3) is 0 Å². The van der Waals surface area contributed by atoms with Crippen molar-refractivity contribution in [1.82, 2.24) is 15.2 Å². The summed E-state index contributed by atoms with van der Waals surface area (Å²) in [7, 11) is 0. The first kappa shape index (κ1) is 25.8. The van der Waals surface area contributed by atoms with Gasteiger partial charge in [0.25, 0.3) is 0 Å². The third-order valence-electron chi connectivity index (χ3n) is 6.55. The van der Waals surface area contributed by atoms with E-state index in [1.54, 1.807) is 30.5 Å². The molecular weight excluding hydrogens is 506 g/mol. The molecule has 7 nitrogen and oxygen atoms in total. The number of hydrogen-bond acceptors (Lipinski definition) is 6. The third kappa shape index (κ3) is 5.99. The van der Waals surface area contributed by atoms with Gasteiger partial charge in [0.1, 0.15) is 12.4 Å². The average molecular weight is 532 g/mol. The summed E-state index contributed by atoms with van der Waals surface area (Å²) in [6, 6.07) is 12.2. The second-order valence-corrected chi connectivity index (χ2v) is 9.11. The van der Waals surface area contributed by atoms with Crippen molar-refractivity contribution >= 4 is 5.91 Å². The van der Waals surface area contributed by atoms with E-state index in [2.05, 4.69) is 24.7 Å². The zero-order valence-corrected chi connectivity index (χ0v) is 20.2. The fourth-order valence-corrected chi connectivity index (χ4v) is 4.58. The van der Waals surface area contributed by atoms with Gasteiger partial charge in [0.2, 0.25) is 5.91 Å². The minimum absolute atomic E-state index is 0.00605. The summed E-state index contributed by atoms with van der Waals surface area (Å²) in [5.74, 6) is -2.05. The Labute approximate surface area is 216 Å². The molecular formula is C27H25F4N3O4. The van der Waals surface area contributed by atoms with Crippen LogP contribution in [0.15, 0.2) is 60.8 Å². The van der Waals surface area contributed by atoms with Crippen LogP contribution in [-0.4, -0.2) is 48.3 Å². The van der Waals surface area contributed by atoms with E-state index in [4.69, 9.17) is 4.74 Å². The number of carbonyl (C=O) groups excluding carboxylic acids is 1. The van der Waals surface area contributed by atoms with Crippen LogP contribution < -0.4 is 19.5 Å². The normalized spacial score (nSPS) is 17.7. The summed E-state index contributed by atoms with van der Waals surface area (Å²) in [5, 5.41) is 3.02. The van der Waals surface area contributed by atoms with Gasteiger partial charge in [0.05, 0.1) is 11.7 Å². The zero-order valence-electron chi connectivity index (χ0n) is 20.2. The molecule has 3 heterocycles. The fourth-order valence-electron chi connectivity index (χ4n) is 4.58. The number of piperidine rings is 1. The summed E-state index contributed by atoms with van der Waals surface area (Å²) < 4.78 is 68.3. The molecule has 2 aromatic carbocycles. The number of carbonyl (C=O) groups is 1. The first-order chi connectivity index (χ1) is 18.3. The quantitative estimate of drug-likeness (QED) is 0.426. The molecule has 2 aliphatic rings. The number of hydrogen-bond donors (Lipinski definition) is 1. The highest BCUT2D eigenvalue weighted by atomic mass is 19.3. The van der Waals surface area contributed by atoms with Crippen LogP contribution in [0.3, 0.4) is 0 Å². The fraction of sp³-hybridized carbons (Fsp3) is 0.333. The van der Waals surface area contributed by atoms with Crippen LogP contribution in [0.2, 0.25) is 0 Å². The Hall–Kier alpha value is -3.86. The van der Waals surface area contributed by atoms with E-state index in [0.29, 0.717) is 43.7 Å². The van der Waals surface area contributed by atoms with Crippen molar-refractivity contribution in [1.29, 1.82) is 0 Å². The minimum Gasteiger partial charge on any atom is -0.489 e. The zero-order chi connectivity index (χ0) is 26.7. The van der Waals surface area contributed by atoms with E-state index in [0.717, 1.165) is 12.1 Å². The number of halogens is 4. The van der Waals surface area contributed by atoms with Gasteiger partial charge in [-0.15, -0.1) is 8.78 Å². The molecule has 1 saturated heterocycles. The molecule has 1 aromatic heterocycles. The van der Waals surface area contributed by atoms with Crippen LogP contribution in [0.4, 0.5) is 17.6 Å². The van der Waals surface area contributed by atoms with E-state index in [1.165, 1.54) is 18.2 Å². The van der Waals surface area contributed by atoms with Gasteiger partial charge in [-0.1, -0.05) is 12.1 Å². The number of aromatic nitrogens is 1. The largest absolute Gasteiger partial charge is 0.586 e. The van der Waals surface area contributed by atoms with Crippen LogP contribution in [0, 0.1) is 17.6 Å². The van der Waals surface area contributed by atoms with Gasteiger partial charge in [0, 0.05) is 24.7 Å². The standard InChI is InChI=1S/C27H25F4N3O4/c28-19-5-7-22(20(29)16-19)36-14-13-34-11-8-17(9-12-34)26(35)33-25(21-3-1-2-10-32-21)18-4-6-23-24(15-18)38-27(30,31)37-23/h1-7,10,15-17,25H,8-9,11-14H2,(H,33,35)/t25-/m0/s1. The number of fused-ring (bicyclic) bond motifs is 1. The predicted octanol–water partition coefficient (Wildman–Crippen LogP) is 4.68. The van der Waals surface area contributed by atoms with Gasteiger partial charge in [0.15, 0.2) is 23.1 Å². The molecule has 2 aliphatic heterocycles. The topological polar surface area (TPSA) is 72.9 Å². The average Bonchev–Trinajstić information content (AvgIpc) is 3.22. The van der Waals surface area contributed by atoms with Crippen LogP contribution in [0.5, 0.6) is 17.2 Å². The molecule has 0 radical (unpaired) electrons. The third-order valence-corrected chi connectivity index (χ3v) is 6.55. The van der Waals surface area contributed by atoms with E-state index in [-0.39, 0.29) is 35.7 Å². The van der Waals surface area contributed by atoms with E-state index in [1.807, 2.05) is 0 Å². The smallest absolute Gasteiger partial charge is 0.489 e. The van der Waals surface area contributed by atoms with E-state index < -0.39 is 24.0 Å². The summed E-state index contributed by atoms with van der Waals surface area (Å²) in [4.78, 5) is 19.7. The number of likely N-dealkylation sites (tertiary alicyclic amines) is 1. The molecule has 200 valence electrons. The van der Waals surface area contributed by atoms with Gasteiger partial charge < -0.3 is 19.5 Å². The van der Waals surface area contributed by atoms with Crippen molar-refractivity contribution < 1.29 is 36.6 Å². The number of nitrogens with one attached hydrogen (secondary N) is 1. The Balaban J connectivity index is 1.18. The van der Waals surface area contributed by atoms with Crippen molar-refractivity contribution in [3.05, 3.63) is 83.7 Å². The maximum atomic E-state index is 13.7. The highest BCUT2D eigenvalue weighted by molar-refractivity contribution is 5.79. The number of rotatable bonds is 8. The Morgan fingerprint density at radius 1 is 1.08 bits per heavy atom. The minimum atomic E-state index is -3.74. The van der Waals surface area contributed by atoms with Crippen molar-refractivity contribution in [2.75, 3.05) is 26.2 Å². The molecule has 0 unspecified atom stereocenters. The van der Waals surface area contributed by atoms with Gasteiger partial charge >= 0.3 is 6.29 Å². The van der Waals surface area contributed by atoms with Crippen molar-refractivity contribution in [3.8, 4) is 17.2 Å². The van der Waals surface area contributed by atoms with Crippen LogP contribution in [0.1, 0.15) is 30.1 Å². The highest BCUT2D eigenvalue weighted by Crippen LogP contribution is 2.42. The summed E-state index contributed by atoms with van der Waals surface area (Å²) >= 11 is 0. The number of pyridine rings is 1. The second kappa shape index (κ2) is 10.9. The van der Waals surface area contributed by atoms with Crippen LogP contribution in [-0.2, 0) is 4.79 Å². The molecule has 3 aromatic rings. The molecule has 5 rings (SSSR count).